The predicted octanol–water partition coefficient (Wildman–Crippen LogP) is 1.82. The fourth-order valence-electron chi connectivity index (χ4n) is 1.43. The van der Waals surface area contributed by atoms with E-state index in [1.807, 2.05) is 22.6 Å². The van der Waals surface area contributed by atoms with Crippen molar-refractivity contribution in [3.8, 4) is 0 Å². The van der Waals surface area contributed by atoms with Gasteiger partial charge in [-0.3, -0.25) is 4.79 Å². The number of piperidine rings is 1. The first-order chi connectivity index (χ1) is 5.29. The van der Waals surface area contributed by atoms with Gasteiger partial charge in [0.15, 0.2) is 3.79 Å². The van der Waals surface area contributed by atoms with Crippen molar-refractivity contribution < 1.29 is 4.79 Å². The Labute approximate surface area is 81.5 Å². The van der Waals surface area contributed by atoms with Crippen LogP contribution >= 0.6 is 22.6 Å². The summed E-state index contributed by atoms with van der Waals surface area (Å²) in [4.78, 5) is 13.0. The molecule has 0 bridgehead atoms. The van der Waals surface area contributed by atoms with Gasteiger partial charge in [-0.1, -0.05) is 6.42 Å². The van der Waals surface area contributed by atoms with Gasteiger partial charge < -0.3 is 4.90 Å². The van der Waals surface area contributed by atoms with Crippen molar-refractivity contribution in [3.63, 3.8) is 0 Å². The number of carbonyl (C=O) groups is 1. The summed E-state index contributed by atoms with van der Waals surface area (Å²) in [5.74, 6) is 0. The summed E-state index contributed by atoms with van der Waals surface area (Å²) < 4.78 is 0.285. The van der Waals surface area contributed by atoms with Crippen LogP contribution < -0.4 is 0 Å². The Kier molecular flexibility index (Phi) is 4.37. The maximum atomic E-state index is 10.6. The zero-order chi connectivity index (χ0) is 8.10. The molecule has 0 unspecified atom stereocenters. The van der Waals surface area contributed by atoms with E-state index in [0.717, 1.165) is 13.0 Å². The van der Waals surface area contributed by atoms with E-state index in [9.17, 15) is 4.79 Å². The third-order valence-corrected chi connectivity index (χ3v) is 2.61. The van der Waals surface area contributed by atoms with Gasteiger partial charge in [-0.2, -0.15) is 0 Å². The maximum absolute atomic E-state index is 10.6. The van der Waals surface area contributed by atoms with Gasteiger partial charge in [0.05, 0.1) is 0 Å². The standard InChI is InChI=1S/C8H14INO/c9-8(11)4-7-10-5-2-1-3-6-10/h1-7H2. The monoisotopic (exact) mass is 267 g/mol. The maximum Gasteiger partial charge on any atom is 0.193 e. The molecule has 0 saturated carbocycles. The second-order valence-electron chi connectivity index (χ2n) is 3.01. The molecule has 0 aromatic heterocycles. The normalized spacial score (nSPS) is 20.1. The first kappa shape index (κ1) is 9.45. The molecule has 1 rings (SSSR count). The van der Waals surface area contributed by atoms with E-state index in [-0.39, 0.29) is 3.79 Å². The Morgan fingerprint density at radius 3 is 2.45 bits per heavy atom. The molecule has 1 heterocycles. The quantitative estimate of drug-likeness (QED) is 0.574. The molecular formula is C8H14INO. The zero-order valence-corrected chi connectivity index (χ0v) is 8.84. The van der Waals surface area contributed by atoms with E-state index >= 15 is 0 Å². The lowest BCUT2D eigenvalue weighted by Crippen LogP contribution is -2.31. The van der Waals surface area contributed by atoms with Crippen molar-refractivity contribution in [2.75, 3.05) is 19.6 Å². The number of likely N-dealkylation sites (tertiary alicyclic amines) is 1. The number of nitrogens with zero attached hydrogens (tertiary/aromatic N) is 1. The highest BCUT2D eigenvalue weighted by Gasteiger charge is 2.09. The Morgan fingerprint density at radius 2 is 1.91 bits per heavy atom. The Hall–Kier alpha value is 0.360. The lowest BCUT2D eigenvalue weighted by Gasteiger charge is -2.25. The van der Waals surface area contributed by atoms with Crippen LogP contribution in [0.3, 0.4) is 0 Å². The van der Waals surface area contributed by atoms with Crippen LogP contribution in [0.25, 0.3) is 0 Å². The summed E-state index contributed by atoms with van der Waals surface area (Å²) in [6, 6.07) is 0. The van der Waals surface area contributed by atoms with Gasteiger partial charge in [0.2, 0.25) is 0 Å². The van der Waals surface area contributed by atoms with Crippen LogP contribution in [-0.2, 0) is 4.79 Å². The molecule has 1 saturated heterocycles. The Morgan fingerprint density at radius 1 is 1.27 bits per heavy atom. The average molecular weight is 267 g/mol. The van der Waals surface area contributed by atoms with Crippen LogP contribution in [0.2, 0.25) is 0 Å². The van der Waals surface area contributed by atoms with Crippen LogP contribution in [-0.4, -0.2) is 28.3 Å². The minimum absolute atomic E-state index is 0.285. The molecule has 0 aromatic carbocycles. The third-order valence-electron chi connectivity index (χ3n) is 2.07. The van der Waals surface area contributed by atoms with Crippen molar-refractivity contribution in [3.05, 3.63) is 0 Å². The van der Waals surface area contributed by atoms with Crippen LogP contribution in [0.1, 0.15) is 25.7 Å². The summed E-state index contributed by atoms with van der Waals surface area (Å²) in [5.41, 5.74) is 0. The molecule has 0 amide bonds. The second kappa shape index (κ2) is 5.09. The number of hydrogen-bond donors (Lipinski definition) is 0. The van der Waals surface area contributed by atoms with Crippen molar-refractivity contribution in [1.29, 1.82) is 0 Å². The molecule has 64 valence electrons. The molecular weight excluding hydrogens is 253 g/mol. The summed E-state index contributed by atoms with van der Waals surface area (Å²) in [6.07, 6.45) is 4.72. The van der Waals surface area contributed by atoms with Crippen LogP contribution in [0.4, 0.5) is 0 Å². The molecule has 2 nitrogen and oxygen atoms in total. The van der Waals surface area contributed by atoms with Gasteiger partial charge in [-0.05, 0) is 48.5 Å². The molecule has 11 heavy (non-hydrogen) atoms. The second-order valence-corrected chi connectivity index (χ2v) is 4.21. The van der Waals surface area contributed by atoms with E-state index in [1.54, 1.807) is 0 Å². The first-order valence-electron chi connectivity index (χ1n) is 4.20. The number of hydrogen-bond acceptors (Lipinski definition) is 2. The SMILES string of the molecule is O=C(I)CCN1CCCCC1. The van der Waals surface area contributed by atoms with E-state index in [4.69, 9.17) is 0 Å². The average Bonchev–Trinajstić information content (AvgIpc) is 2.03. The fraction of sp³-hybridized carbons (Fsp3) is 0.875. The van der Waals surface area contributed by atoms with Crippen LogP contribution in [0.15, 0.2) is 0 Å². The number of carbonyl (C=O) groups excluding carboxylic acids is 1. The van der Waals surface area contributed by atoms with Crippen LogP contribution in [0.5, 0.6) is 0 Å². The van der Waals surface area contributed by atoms with Crippen molar-refractivity contribution >= 4 is 26.4 Å². The molecule has 0 N–H and O–H groups in total. The van der Waals surface area contributed by atoms with Crippen molar-refractivity contribution in [2.45, 2.75) is 25.7 Å². The van der Waals surface area contributed by atoms with Gasteiger partial charge in [0, 0.05) is 13.0 Å². The summed E-state index contributed by atoms with van der Waals surface area (Å²) >= 11 is 1.87. The highest BCUT2D eigenvalue weighted by Crippen LogP contribution is 2.09. The summed E-state index contributed by atoms with van der Waals surface area (Å²) in [6.45, 7) is 3.37. The highest BCUT2D eigenvalue weighted by atomic mass is 127. The third kappa shape index (κ3) is 4.06. The molecule has 0 radical (unpaired) electrons. The van der Waals surface area contributed by atoms with Gasteiger partial charge in [-0.15, -0.1) is 0 Å². The van der Waals surface area contributed by atoms with Crippen molar-refractivity contribution in [1.82, 2.24) is 4.90 Å². The Balaban J connectivity index is 2.09. The largest absolute Gasteiger partial charge is 0.303 e. The fourth-order valence-corrected chi connectivity index (χ4v) is 1.67. The molecule has 3 heteroatoms. The molecule has 1 aliphatic heterocycles. The number of halogens is 1. The molecule has 0 aliphatic carbocycles. The van der Waals surface area contributed by atoms with Gasteiger partial charge >= 0.3 is 0 Å². The summed E-state index contributed by atoms with van der Waals surface area (Å²) in [5, 5.41) is 0. The lowest BCUT2D eigenvalue weighted by molar-refractivity contribution is -0.109. The van der Waals surface area contributed by atoms with E-state index in [0.29, 0.717) is 0 Å². The molecule has 0 atom stereocenters. The molecule has 1 fully saturated rings. The lowest BCUT2D eigenvalue weighted by atomic mass is 10.1. The van der Waals surface area contributed by atoms with Crippen LogP contribution in [0, 0.1) is 0 Å². The molecule has 0 spiro atoms. The number of rotatable bonds is 3. The zero-order valence-electron chi connectivity index (χ0n) is 6.68. The summed E-state index contributed by atoms with van der Waals surface area (Å²) in [7, 11) is 0. The van der Waals surface area contributed by atoms with Gasteiger partial charge in [-0.25, -0.2) is 0 Å². The molecule has 0 aromatic rings. The van der Waals surface area contributed by atoms with Gasteiger partial charge in [0.1, 0.15) is 0 Å². The smallest absolute Gasteiger partial charge is 0.193 e. The van der Waals surface area contributed by atoms with Crippen molar-refractivity contribution in [2.24, 2.45) is 0 Å². The van der Waals surface area contributed by atoms with E-state index in [1.165, 1.54) is 32.4 Å². The Bertz CT molecular complexity index is 132. The minimum atomic E-state index is 0.285. The minimum Gasteiger partial charge on any atom is -0.303 e. The first-order valence-corrected chi connectivity index (χ1v) is 5.27. The van der Waals surface area contributed by atoms with E-state index in [2.05, 4.69) is 4.90 Å². The molecule has 1 aliphatic rings. The highest BCUT2D eigenvalue weighted by molar-refractivity contribution is 14.1. The predicted molar refractivity (Wildman–Crippen MR) is 53.9 cm³/mol. The topological polar surface area (TPSA) is 20.3 Å². The van der Waals surface area contributed by atoms with E-state index < -0.39 is 0 Å². The van der Waals surface area contributed by atoms with Gasteiger partial charge in [0.25, 0.3) is 0 Å².